The summed E-state index contributed by atoms with van der Waals surface area (Å²) in [7, 11) is 1.31. The van der Waals surface area contributed by atoms with Gasteiger partial charge in [0.15, 0.2) is 0 Å². The van der Waals surface area contributed by atoms with Crippen LogP contribution in [0.25, 0.3) is 10.9 Å². The Morgan fingerprint density at radius 3 is 3.00 bits per heavy atom. The molecule has 1 aromatic heterocycles. The third-order valence-corrected chi connectivity index (χ3v) is 2.31. The number of benzene rings is 1. The third kappa shape index (κ3) is 1.76. The quantitative estimate of drug-likeness (QED) is 0.693. The number of nitrogens with zero attached hydrogens (tertiary/aromatic N) is 2. The Bertz CT molecular complexity index is 528. The molecule has 0 N–H and O–H groups in total. The van der Waals surface area contributed by atoms with Gasteiger partial charge in [0.1, 0.15) is 6.33 Å². The Hall–Kier alpha value is -1.68. The smallest absolute Gasteiger partial charge is 0.339 e. The fourth-order valence-corrected chi connectivity index (χ4v) is 1.52. The number of hydrogen-bond donors (Lipinski definition) is 0. The van der Waals surface area contributed by atoms with Crippen LogP contribution in [0.2, 0.25) is 5.02 Å². The topological polar surface area (TPSA) is 52.1 Å². The summed E-state index contributed by atoms with van der Waals surface area (Å²) in [6.45, 7) is 0. The van der Waals surface area contributed by atoms with Crippen molar-refractivity contribution in [2.24, 2.45) is 0 Å². The lowest BCUT2D eigenvalue weighted by Crippen LogP contribution is -2.02. The second kappa shape index (κ2) is 3.82. The molecule has 0 unspecified atom stereocenters. The van der Waals surface area contributed by atoms with Crippen molar-refractivity contribution in [3.05, 3.63) is 35.2 Å². The van der Waals surface area contributed by atoms with E-state index < -0.39 is 5.97 Å². The van der Waals surface area contributed by atoms with Crippen LogP contribution in [-0.4, -0.2) is 23.0 Å². The summed E-state index contributed by atoms with van der Waals surface area (Å²) in [5.74, 6) is -0.472. The molecule has 0 saturated carbocycles. The molecule has 0 saturated heterocycles. The van der Waals surface area contributed by atoms with Crippen molar-refractivity contribution in [2.75, 3.05) is 7.11 Å². The molecule has 0 bridgehead atoms. The Kier molecular flexibility index (Phi) is 2.51. The first-order valence-corrected chi connectivity index (χ1v) is 4.58. The fourth-order valence-electron chi connectivity index (χ4n) is 1.27. The average Bonchev–Trinajstić information content (AvgIpc) is 2.27. The zero-order valence-corrected chi connectivity index (χ0v) is 8.65. The second-order valence-corrected chi connectivity index (χ2v) is 3.31. The van der Waals surface area contributed by atoms with Gasteiger partial charge in [0.2, 0.25) is 0 Å². The maximum absolute atomic E-state index is 11.3. The molecule has 0 aliphatic rings. The lowest BCUT2D eigenvalue weighted by atomic mass is 10.1. The molecule has 0 atom stereocenters. The van der Waals surface area contributed by atoms with Gasteiger partial charge in [0.05, 0.1) is 23.2 Å². The van der Waals surface area contributed by atoms with E-state index in [1.165, 1.54) is 13.4 Å². The molecule has 2 aromatic rings. The van der Waals surface area contributed by atoms with Gasteiger partial charge < -0.3 is 4.74 Å². The van der Waals surface area contributed by atoms with E-state index in [4.69, 9.17) is 11.6 Å². The van der Waals surface area contributed by atoms with Crippen LogP contribution >= 0.6 is 11.6 Å². The average molecular weight is 223 g/mol. The summed E-state index contributed by atoms with van der Waals surface area (Å²) < 4.78 is 4.60. The van der Waals surface area contributed by atoms with Gasteiger partial charge in [-0.15, -0.1) is 0 Å². The molecule has 0 aliphatic heterocycles. The van der Waals surface area contributed by atoms with E-state index in [9.17, 15) is 4.79 Å². The number of aromatic nitrogens is 2. The summed E-state index contributed by atoms with van der Waals surface area (Å²) in [6.07, 6.45) is 3.05. The van der Waals surface area contributed by atoms with E-state index in [1.54, 1.807) is 18.3 Å². The van der Waals surface area contributed by atoms with Gasteiger partial charge in [-0.05, 0) is 12.1 Å². The van der Waals surface area contributed by atoms with Crippen molar-refractivity contribution < 1.29 is 9.53 Å². The van der Waals surface area contributed by atoms with E-state index in [1.807, 2.05) is 0 Å². The number of carbonyl (C=O) groups is 1. The van der Waals surface area contributed by atoms with E-state index in [-0.39, 0.29) is 0 Å². The van der Waals surface area contributed by atoms with Crippen LogP contribution in [0.5, 0.6) is 0 Å². The fraction of sp³-hybridized carbons (Fsp3) is 0.100. The summed E-state index contributed by atoms with van der Waals surface area (Å²) >= 11 is 5.92. The van der Waals surface area contributed by atoms with Crippen molar-refractivity contribution >= 4 is 28.5 Å². The molecule has 0 amide bonds. The van der Waals surface area contributed by atoms with Gasteiger partial charge in [-0.1, -0.05) is 11.6 Å². The third-order valence-electron chi connectivity index (χ3n) is 2.00. The number of fused-ring (bicyclic) bond motifs is 1. The van der Waals surface area contributed by atoms with Gasteiger partial charge in [0, 0.05) is 11.6 Å². The molecular weight excluding hydrogens is 216 g/mol. The number of halogens is 1. The Balaban J connectivity index is 2.67. The SMILES string of the molecule is COC(=O)c1cc2ncncc2cc1Cl. The largest absolute Gasteiger partial charge is 0.465 e. The zero-order chi connectivity index (χ0) is 10.8. The molecule has 0 aliphatic carbocycles. The standard InChI is InChI=1S/C10H7ClN2O2/c1-15-10(14)7-3-9-6(2-8(7)11)4-12-5-13-9/h2-5H,1H3. The van der Waals surface area contributed by atoms with Crippen molar-refractivity contribution in [1.82, 2.24) is 9.97 Å². The van der Waals surface area contributed by atoms with Gasteiger partial charge in [-0.2, -0.15) is 0 Å². The van der Waals surface area contributed by atoms with Crippen LogP contribution in [-0.2, 0) is 4.74 Å². The first-order valence-electron chi connectivity index (χ1n) is 4.20. The van der Waals surface area contributed by atoms with E-state index in [2.05, 4.69) is 14.7 Å². The maximum Gasteiger partial charge on any atom is 0.339 e. The predicted octanol–water partition coefficient (Wildman–Crippen LogP) is 2.07. The zero-order valence-electron chi connectivity index (χ0n) is 7.90. The lowest BCUT2D eigenvalue weighted by molar-refractivity contribution is 0.0601. The van der Waals surface area contributed by atoms with Crippen LogP contribution in [0, 0.1) is 0 Å². The van der Waals surface area contributed by atoms with E-state index in [0.29, 0.717) is 16.1 Å². The molecule has 0 fully saturated rings. The molecule has 0 spiro atoms. The molecule has 15 heavy (non-hydrogen) atoms. The maximum atomic E-state index is 11.3. The van der Waals surface area contributed by atoms with E-state index in [0.717, 1.165) is 5.39 Å². The lowest BCUT2D eigenvalue weighted by Gasteiger charge is -2.03. The van der Waals surface area contributed by atoms with Crippen molar-refractivity contribution in [1.29, 1.82) is 0 Å². The summed E-state index contributed by atoms with van der Waals surface area (Å²) in [4.78, 5) is 19.2. The highest BCUT2D eigenvalue weighted by atomic mass is 35.5. The van der Waals surface area contributed by atoms with Crippen LogP contribution in [0.3, 0.4) is 0 Å². The Morgan fingerprint density at radius 1 is 1.47 bits per heavy atom. The van der Waals surface area contributed by atoms with Crippen LogP contribution < -0.4 is 0 Å². The first-order chi connectivity index (χ1) is 7.22. The molecular formula is C10H7ClN2O2. The number of methoxy groups -OCH3 is 1. The van der Waals surface area contributed by atoms with Crippen molar-refractivity contribution in [2.45, 2.75) is 0 Å². The summed E-state index contributed by atoms with van der Waals surface area (Å²) in [5.41, 5.74) is 0.972. The molecule has 2 rings (SSSR count). The number of hydrogen-bond acceptors (Lipinski definition) is 4. The van der Waals surface area contributed by atoms with Gasteiger partial charge in [-0.25, -0.2) is 14.8 Å². The van der Waals surface area contributed by atoms with Gasteiger partial charge >= 0.3 is 5.97 Å². The van der Waals surface area contributed by atoms with Crippen molar-refractivity contribution in [3.63, 3.8) is 0 Å². The molecule has 4 nitrogen and oxygen atoms in total. The minimum atomic E-state index is -0.472. The highest BCUT2D eigenvalue weighted by molar-refractivity contribution is 6.34. The predicted molar refractivity (Wildman–Crippen MR) is 55.9 cm³/mol. The minimum absolute atomic E-state index is 0.311. The molecule has 1 heterocycles. The van der Waals surface area contributed by atoms with Crippen molar-refractivity contribution in [3.8, 4) is 0 Å². The Labute approximate surface area is 90.9 Å². The number of ether oxygens (including phenoxy) is 1. The molecule has 5 heteroatoms. The van der Waals surface area contributed by atoms with E-state index >= 15 is 0 Å². The number of rotatable bonds is 1. The summed E-state index contributed by atoms with van der Waals surface area (Å²) in [5, 5.41) is 1.12. The highest BCUT2D eigenvalue weighted by Crippen LogP contribution is 2.22. The molecule has 76 valence electrons. The van der Waals surface area contributed by atoms with Crippen LogP contribution in [0.15, 0.2) is 24.7 Å². The van der Waals surface area contributed by atoms with Gasteiger partial charge in [0.25, 0.3) is 0 Å². The second-order valence-electron chi connectivity index (χ2n) is 2.91. The van der Waals surface area contributed by atoms with Crippen LogP contribution in [0.1, 0.15) is 10.4 Å². The minimum Gasteiger partial charge on any atom is -0.465 e. The molecule has 0 radical (unpaired) electrons. The van der Waals surface area contributed by atoms with Gasteiger partial charge in [-0.3, -0.25) is 0 Å². The normalized spacial score (nSPS) is 10.3. The highest BCUT2D eigenvalue weighted by Gasteiger charge is 2.12. The number of esters is 1. The summed E-state index contributed by atoms with van der Waals surface area (Å²) in [6, 6.07) is 3.23. The van der Waals surface area contributed by atoms with Crippen LogP contribution in [0.4, 0.5) is 0 Å². The monoisotopic (exact) mass is 222 g/mol. The molecule has 1 aromatic carbocycles. The Morgan fingerprint density at radius 2 is 2.27 bits per heavy atom. The first kappa shape index (κ1) is 9.86. The number of carbonyl (C=O) groups excluding carboxylic acids is 1.